The molecule has 1 aliphatic heterocycles. The van der Waals surface area contributed by atoms with E-state index < -0.39 is 5.92 Å². The van der Waals surface area contributed by atoms with E-state index in [1.807, 2.05) is 0 Å². The van der Waals surface area contributed by atoms with E-state index in [9.17, 15) is 13.6 Å². The Morgan fingerprint density at radius 3 is 2.56 bits per heavy atom. The van der Waals surface area contributed by atoms with E-state index in [2.05, 4.69) is 0 Å². The minimum absolute atomic E-state index is 0.0373. The van der Waals surface area contributed by atoms with Gasteiger partial charge in [0.2, 0.25) is 6.79 Å². The first kappa shape index (κ1) is 12.8. The van der Waals surface area contributed by atoms with Crippen molar-refractivity contribution in [1.29, 1.82) is 0 Å². The van der Waals surface area contributed by atoms with Gasteiger partial charge in [0.05, 0.1) is 0 Å². The fourth-order valence-corrected chi connectivity index (χ4v) is 2.02. The second-order valence-electron chi connectivity index (χ2n) is 4.48. The molecule has 1 aliphatic rings. The molecule has 0 N–H and O–H groups in total. The van der Waals surface area contributed by atoms with Gasteiger partial charge in [-0.2, -0.15) is 0 Å². The van der Waals surface area contributed by atoms with Crippen LogP contribution in [0.3, 0.4) is 0 Å². The Morgan fingerprint density at radius 1 is 1.39 bits per heavy atom. The fraction of sp³-hybridized carbons (Fsp3) is 0.462. The standard InChI is InChI=1S/C13H14F2O3/c1-8(3-4-16)9-5-11-12(18-7-17-11)6-10(9)13(2,14)15/h4-6,8H,3,7H2,1-2H3. The summed E-state index contributed by atoms with van der Waals surface area (Å²) in [5.74, 6) is -2.48. The monoisotopic (exact) mass is 256 g/mol. The number of hydrogen-bond donors (Lipinski definition) is 0. The second kappa shape index (κ2) is 4.55. The highest BCUT2D eigenvalue weighted by Crippen LogP contribution is 2.43. The van der Waals surface area contributed by atoms with Gasteiger partial charge in [-0.05, 0) is 23.6 Å². The molecule has 1 heterocycles. The predicted molar refractivity (Wildman–Crippen MR) is 61.2 cm³/mol. The van der Waals surface area contributed by atoms with Crippen LogP contribution in [0.4, 0.5) is 8.78 Å². The molecule has 0 saturated heterocycles. The normalized spacial score (nSPS) is 15.6. The molecule has 1 aromatic carbocycles. The lowest BCUT2D eigenvalue weighted by molar-refractivity contribution is -0.108. The average Bonchev–Trinajstić information content (AvgIpc) is 2.73. The first-order valence-electron chi connectivity index (χ1n) is 5.69. The lowest BCUT2D eigenvalue weighted by atomic mass is 9.90. The van der Waals surface area contributed by atoms with Crippen LogP contribution in [-0.4, -0.2) is 13.1 Å². The summed E-state index contributed by atoms with van der Waals surface area (Å²) in [6.45, 7) is 2.61. The van der Waals surface area contributed by atoms with E-state index >= 15 is 0 Å². The second-order valence-corrected chi connectivity index (χ2v) is 4.48. The minimum atomic E-state index is -2.98. The van der Waals surface area contributed by atoms with Crippen LogP contribution in [0.2, 0.25) is 0 Å². The van der Waals surface area contributed by atoms with E-state index in [-0.39, 0.29) is 24.7 Å². The highest BCUT2D eigenvalue weighted by molar-refractivity contribution is 5.55. The van der Waals surface area contributed by atoms with Gasteiger partial charge in [0.15, 0.2) is 11.5 Å². The molecule has 98 valence electrons. The molecule has 5 heteroatoms. The Bertz CT molecular complexity index is 466. The van der Waals surface area contributed by atoms with Crippen molar-refractivity contribution in [3.8, 4) is 11.5 Å². The minimum Gasteiger partial charge on any atom is -0.454 e. The van der Waals surface area contributed by atoms with Crippen molar-refractivity contribution >= 4 is 6.29 Å². The molecule has 0 saturated carbocycles. The van der Waals surface area contributed by atoms with Gasteiger partial charge in [0.25, 0.3) is 5.92 Å². The summed E-state index contributed by atoms with van der Waals surface area (Å²) in [5, 5.41) is 0. The van der Waals surface area contributed by atoms with E-state index in [0.29, 0.717) is 17.1 Å². The van der Waals surface area contributed by atoms with Crippen molar-refractivity contribution in [1.82, 2.24) is 0 Å². The molecular weight excluding hydrogens is 242 g/mol. The molecule has 0 aromatic heterocycles. The van der Waals surface area contributed by atoms with Gasteiger partial charge < -0.3 is 14.3 Å². The summed E-state index contributed by atoms with van der Waals surface area (Å²) < 4.78 is 37.5. The third-order valence-electron chi connectivity index (χ3n) is 3.00. The maximum absolute atomic E-state index is 13.6. The van der Waals surface area contributed by atoms with Crippen molar-refractivity contribution < 1.29 is 23.0 Å². The van der Waals surface area contributed by atoms with Crippen molar-refractivity contribution in [3.63, 3.8) is 0 Å². The Kier molecular flexibility index (Phi) is 3.24. The third kappa shape index (κ3) is 2.30. The van der Waals surface area contributed by atoms with Crippen LogP contribution < -0.4 is 9.47 Å². The molecule has 1 aromatic rings. The number of carbonyl (C=O) groups is 1. The number of rotatable bonds is 4. The zero-order chi connectivity index (χ0) is 13.3. The first-order valence-corrected chi connectivity index (χ1v) is 5.69. The van der Waals surface area contributed by atoms with Gasteiger partial charge in [-0.1, -0.05) is 6.92 Å². The molecule has 3 nitrogen and oxygen atoms in total. The number of carbonyl (C=O) groups excluding carboxylic acids is 1. The number of halogens is 2. The van der Waals surface area contributed by atoms with Crippen LogP contribution in [0.15, 0.2) is 12.1 Å². The molecule has 0 bridgehead atoms. The topological polar surface area (TPSA) is 35.5 Å². The molecule has 0 fully saturated rings. The first-order chi connectivity index (χ1) is 8.43. The summed E-state index contributed by atoms with van der Waals surface area (Å²) in [7, 11) is 0. The smallest absolute Gasteiger partial charge is 0.270 e. The van der Waals surface area contributed by atoms with Crippen LogP contribution in [0.25, 0.3) is 0 Å². The maximum atomic E-state index is 13.6. The largest absolute Gasteiger partial charge is 0.454 e. The molecule has 0 aliphatic carbocycles. The van der Waals surface area contributed by atoms with Crippen LogP contribution in [-0.2, 0) is 10.7 Å². The van der Waals surface area contributed by atoms with Crippen LogP contribution in [0.1, 0.15) is 37.3 Å². The number of fused-ring (bicyclic) bond motifs is 1. The summed E-state index contributed by atoms with van der Waals surface area (Å²) in [6, 6.07) is 2.85. The van der Waals surface area contributed by atoms with E-state index in [1.54, 1.807) is 13.0 Å². The predicted octanol–water partition coefficient (Wildman–Crippen LogP) is 3.22. The van der Waals surface area contributed by atoms with Crippen molar-refractivity contribution in [2.24, 2.45) is 0 Å². The molecule has 0 radical (unpaired) electrons. The molecule has 0 amide bonds. The lowest BCUT2D eigenvalue weighted by Gasteiger charge is -2.20. The number of ether oxygens (including phenoxy) is 2. The molecule has 0 spiro atoms. The molecule has 18 heavy (non-hydrogen) atoms. The fourth-order valence-electron chi connectivity index (χ4n) is 2.02. The quantitative estimate of drug-likeness (QED) is 0.776. The highest BCUT2D eigenvalue weighted by atomic mass is 19.3. The number of aldehydes is 1. The average molecular weight is 256 g/mol. The van der Waals surface area contributed by atoms with Crippen LogP contribution in [0.5, 0.6) is 11.5 Å². The zero-order valence-electron chi connectivity index (χ0n) is 10.2. The number of hydrogen-bond acceptors (Lipinski definition) is 3. The Morgan fingerprint density at radius 2 is 2.00 bits per heavy atom. The number of benzene rings is 1. The number of alkyl halides is 2. The summed E-state index contributed by atoms with van der Waals surface area (Å²) in [6.07, 6.45) is 0.926. The van der Waals surface area contributed by atoms with E-state index in [1.165, 1.54) is 6.07 Å². The summed E-state index contributed by atoms with van der Waals surface area (Å²) in [4.78, 5) is 10.5. The van der Waals surface area contributed by atoms with Gasteiger partial charge in [-0.3, -0.25) is 0 Å². The maximum Gasteiger partial charge on any atom is 0.270 e. The van der Waals surface area contributed by atoms with Crippen molar-refractivity contribution in [2.45, 2.75) is 32.1 Å². The van der Waals surface area contributed by atoms with Gasteiger partial charge in [-0.25, -0.2) is 8.78 Å². The van der Waals surface area contributed by atoms with Gasteiger partial charge in [0.1, 0.15) is 6.29 Å². The van der Waals surface area contributed by atoms with E-state index in [0.717, 1.165) is 13.2 Å². The van der Waals surface area contributed by atoms with Gasteiger partial charge >= 0.3 is 0 Å². The lowest BCUT2D eigenvalue weighted by Crippen LogP contribution is -2.12. The SMILES string of the molecule is CC(CC=O)c1cc2c(cc1C(C)(F)F)OCO2. The Labute approximate surface area is 104 Å². The molecule has 1 atom stereocenters. The summed E-state index contributed by atoms with van der Waals surface area (Å²) in [5.41, 5.74) is 0.319. The Balaban J connectivity index is 2.51. The van der Waals surface area contributed by atoms with Crippen LogP contribution in [0, 0.1) is 0 Å². The van der Waals surface area contributed by atoms with Crippen molar-refractivity contribution in [3.05, 3.63) is 23.3 Å². The molecular formula is C13H14F2O3. The Hall–Kier alpha value is -1.65. The summed E-state index contributed by atoms with van der Waals surface area (Å²) >= 11 is 0. The zero-order valence-corrected chi connectivity index (χ0v) is 10.2. The molecule has 2 rings (SSSR count). The third-order valence-corrected chi connectivity index (χ3v) is 3.00. The van der Waals surface area contributed by atoms with Crippen LogP contribution >= 0.6 is 0 Å². The van der Waals surface area contributed by atoms with E-state index in [4.69, 9.17) is 9.47 Å². The molecule has 1 unspecified atom stereocenters. The van der Waals surface area contributed by atoms with Crippen molar-refractivity contribution in [2.75, 3.05) is 6.79 Å². The van der Waals surface area contributed by atoms with Gasteiger partial charge in [-0.15, -0.1) is 0 Å². The van der Waals surface area contributed by atoms with Gasteiger partial charge in [0, 0.05) is 18.9 Å². The highest BCUT2D eigenvalue weighted by Gasteiger charge is 2.32.